The molecule has 7 atom stereocenters. The predicted octanol–water partition coefficient (Wildman–Crippen LogP) is 1.46. The third kappa shape index (κ3) is 4.24. The Morgan fingerprint density at radius 1 is 1.42 bits per heavy atom. The van der Waals surface area contributed by atoms with Crippen LogP contribution in [0, 0.1) is 0 Å². The van der Waals surface area contributed by atoms with E-state index in [9.17, 15) is 15.0 Å². The van der Waals surface area contributed by atoms with Gasteiger partial charge in [-0.15, -0.1) is 0 Å². The van der Waals surface area contributed by atoms with Gasteiger partial charge in [-0.05, 0) is 51.9 Å². The molecule has 0 radical (unpaired) electrons. The van der Waals surface area contributed by atoms with E-state index in [1.165, 1.54) is 5.57 Å². The molecule has 2 fully saturated rings. The molecule has 3 heterocycles. The Hall–Kier alpha value is -2.17. The average Bonchev–Trinajstić information content (AvgIpc) is 3.15. The third-order valence-electron chi connectivity index (χ3n) is 6.99. The SMILES string of the molecule is CCC=C1C[C@@H]2[C@@H](OC)Nc3ccc(O[C@@H]4O[C@@H](C)[C@H](NC)[C@](C)(O)[C@@H]4O)cc3C(=O)N2C1. The number of anilines is 1. The van der Waals surface area contributed by atoms with E-state index in [0.29, 0.717) is 23.5 Å². The Labute approximate surface area is 194 Å². The molecule has 2 saturated heterocycles. The second-order valence-electron chi connectivity index (χ2n) is 9.25. The summed E-state index contributed by atoms with van der Waals surface area (Å²) in [6.07, 6.45) is 0.747. The number of hydrogen-bond donors (Lipinski definition) is 4. The highest BCUT2D eigenvalue weighted by Gasteiger charge is 2.52. The molecule has 3 aliphatic rings. The van der Waals surface area contributed by atoms with E-state index in [0.717, 1.165) is 12.8 Å². The quantitative estimate of drug-likeness (QED) is 0.488. The van der Waals surface area contributed by atoms with Crippen LogP contribution in [0.1, 0.15) is 44.0 Å². The van der Waals surface area contributed by atoms with Crippen LogP contribution in [0.25, 0.3) is 0 Å². The molecule has 0 bridgehead atoms. The number of likely N-dealkylation sites (N-methyl/N-ethyl adjacent to an activating group) is 1. The van der Waals surface area contributed by atoms with Gasteiger partial charge >= 0.3 is 0 Å². The van der Waals surface area contributed by atoms with Crippen molar-refractivity contribution in [3.8, 4) is 5.75 Å². The van der Waals surface area contributed by atoms with Crippen LogP contribution < -0.4 is 15.4 Å². The smallest absolute Gasteiger partial charge is 0.256 e. The minimum atomic E-state index is -1.46. The molecule has 0 aliphatic carbocycles. The number of benzene rings is 1. The maximum atomic E-state index is 13.5. The minimum Gasteiger partial charge on any atom is -0.462 e. The fraction of sp³-hybridized carbons (Fsp3) is 0.625. The lowest BCUT2D eigenvalue weighted by atomic mass is 9.84. The lowest BCUT2D eigenvalue weighted by Gasteiger charge is -2.47. The zero-order valence-electron chi connectivity index (χ0n) is 19.9. The molecule has 1 aromatic rings. The molecule has 33 heavy (non-hydrogen) atoms. The van der Waals surface area contributed by atoms with Crippen LogP contribution in [-0.2, 0) is 9.47 Å². The standard InChI is InChI=1S/C24H35N3O6/c1-6-7-14-10-18-21(31-5)26-17-9-8-15(11-16(17)22(29)27(18)12-14)33-23-20(28)24(3,30)19(25-4)13(2)32-23/h7-9,11,13,18-21,23,25-26,28,30H,6,10,12H2,1-5H3/t13-,18+,19-,20+,21+,23-,24-/m0/s1. The number of aliphatic hydroxyl groups excluding tert-OH is 1. The number of nitrogens with zero attached hydrogens (tertiary/aromatic N) is 1. The number of nitrogens with one attached hydrogen (secondary N) is 2. The van der Waals surface area contributed by atoms with Crippen molar-refractivity contribution in [1.29, 1.82) is 0 Å². The summed E-state index contributed by atoms with van der Waals surface area (Å²) in [6.45, 7) is 6.02. The van der Waals surface area contributed by atoms with Crippen molar-refractivity contribution >= 4 is 11.6 Å². The van der Waals surface area contributed by atoms with Gasteiger partial charge in [0, 0.05) is 19.3 Å². The number of methoxy groups -OCH3 is 1. The van der Waals surface area contributed by atoms with Crippen LogP contribution in [0.2, 0.25) is 0 Å². The lowest BCUT2D eigenvalue weighted by molar-refractivity contribution is -0.272. The van der Waals surface area contributed by atoms with Gasteiger partial charge in [-0.3, -0.25) is 4.79 Å². The molecule has 3 aliphatic heterocycles. The topological polar surface area (TPSA) is 113 Å². The Morgan fingerprint density at radius 3 is 2.85 bits per heavy atom. The third-order valence-corrected chi connectivity index (χ3v) is 6.99. The maximum absolute atomic E-state index is 13.5. The van der Waals surface area contributed by atoms with Gasteiger partial charge in [0.2, 0.25) is 6.29 Å². The Bertz CT molecular complexity index is 919. The van der Waals surface area contributed by atoms with Crippen molar-refractivity contribution in [2.24, 2.45) is 0 Å². The number of aliphatic hydroxyl groups is 2. The Kier molecular flexibility index (Phi) is 6.70. The summed E-state index contributed by atoms with van der Waals surface area (Å²) in [5.41, 5.74) is 0.893. The van der Waals surface area contributed by atoms with E-state index in [1.54, 1.807) is 39.3 Å². The summed E-state index contributed by atoms with van der Waals surface area (Å²) >= 11 is 0. The Balaban J connectivity index is 1.60. The molecule has 0 aromatic heterocycles. The van der Waals surface area contributed by atoms with Gasteiger partial charge < -0.3 is 40.0 Å². The Morgan fingerprint density at radius 2 is 2.18 bits per heavy atom. The number of amides is 1. The van der Waals surface area contributed by atoms with E-state index in [2.05, 4.69) is 23.6 Å². The largest absolute Gasteiger partial charge is 0.462 e. The monoisotopic (exact) mass is 461 g/mol. The maximum Gasteiger partial charge on any atom is 0.256 e. The van der Waals surface area contributed by atoms with Gasteiger partial charge in [0.25, 0.3) is 5.91 Å². The average molecular weight is 462 g/mol. The van der Waals surface area contributed by atoms with Crippen molar-refractivity contribution in [1.82, 2.24) is 10.2 Å². The fourth-order valence-corrected chi connectivity index (χ4v) is 5.28. The van der Waals surface area contributed by atoms with E-state index < -0.39 is 30.1 Å². The summed E-state index contributed by atoms with van der Waals surface area (Å²) in [5, 5.41) is 27.9. The molecular formula is C24H35N3O6. The number of hydrogen-bond acceptors (Lipinski definition) is 8. The van der Waals surface area contributed by atoms with E-state index in [1.807, 2.05) is 11.8 Å². The van der Waals surface area contributed by atoms with Gasteiger partial charge in [0.15, 0.2) is 0 Å². The molecule has 0 spiro atoms. The second-order valence-corrected chi connectivity index (χ2v) is 9.25. The molecule has 1 amide bonds. The highest BCUT2D eigenvalue weighted by atomic mass is 16.7. The summed E-state index contributed by atoms with van der Waals surface area (Å²) in [7, 11) is 3.34. The van der Waals surface area contributed by atoms with Crippen LogP contribution in [0.4, 0.5) is 5.69 Å². The zero-order valence-corrected chi connectivity index (χ0v) is 19.9. The number of ether oxygens (including phenoxy) is 3. The van der Waals surface area contributed by atoms with Gasteiger partial charge in [-0.25, -0.2) is 0 Å². The highest BCUT2D eigenvalue weighted by Crippen LogP contribution is 2.36. The lowest BCUT2D eigenvalue weighted by Crippen LogP contribution is -2.69. The summed E-state index contributed by atoms with van der Waals surface area (Å²) < 4.78 is 17.5. The second kappa shape index (κ2) is 9.23. The van der Waals surface area contributed by atoms with Crippen LogP contribution in [0.15, 0.2) is 29.8 Å². The molecule has 9 nitrogen and oxygen atoms in total. The van der Waals surface area contributed by atoms with Crippen LogP contribution in [0.5, 0.6) is 5.75 Å². The van der Waals surface area contributed by atoms with E-state index >= 15 is 0 Å². The van der Waals surface area contributed by atoms with Crippen LogP contribution in [-0.4, -0.2) is 84.1 Å². The minimum absolute atomic E-state index is 0.102. The first kappa shape index (κ1) is 24.0. The number of carbonyl (C=O) groups is 1. The van der Waals surface area contributed by atoms with Gasteiger partial charge in [-0.1, -0.05) is 18.6 Å². The van der Waals surface area contributed by atoms with Crippen molar-refractivity contribution in [3.63, 3.8) is 0 Å². The molecular weight excluding hydrogens is 426 g/mol. The normalized spacial score (nSPS) is 37.4. The first-order chi connectivity index (χ1) is 15.7. The van der Waals surface area contributed by atoms with Crippen LogP contribution >= 0.6 is 0 Å². The first-order valence-corrected chi connectivity index (χ1v) is 11.5. The van der Waals surface area contributed by atoms with Gasteiger partial charge in [0.05, 0.1) is 23.8 Å². The van der Waals surface area contributed by atoms with E-state index in [-0.39, 0.29) is 18.2 Å². The molecule has 4 N–H and O–H groups in total. The molecule has 1 aromatic carbocycles. The molecule has 4 rings (SSSR count). The van der Waals surface area contributed by atoms with E-state index in [4.69, 9.17) is 14.2 Å². The van der Waals surface area contributed by atoms with Crippen molar-refractivity contribution in [3.05, 3.63) is 35.4 Å². The van der Waals surface area contributed by atoms with Gasteiger partial charge in [0.1, 0.15) is 23.7 Å². The summed E-state index contributed by atoms with van der Waals surface area (Å²) in [6, 6.07) is 4.57. The van der Waals surface area contributed by atoms with Crippen LogP contribution in [0.3, 0.4) is 0 Å². The van der Waals surface area contributed by atoms with Crippen molar-refractivity contribution < 1.29 is 29.2 Å². The molecule has 182 valence electrons. The number of rotatable bonds is 5. The highest BCUT2D eigenvalue weighted by molar-refractivity contribution is 6.01. The summed E-state index contributed by atoms with van der Waals surface area (Å²) in [5.74, 6) is 0.266. The number of fused-ring (bicyclic) bond motifs is 2. The van der Waals surface area contributed by atoms with Gasteiger partial charge in [-0.2, -0.15) is 0 Å². The first-order valence-electron chi connectivity index (χ1n) is 11.5. The van der Waals surface area contributed by atoms with Crippen molar-refractivity contribution in [2.45, 2.75) is 76.0 Å². The molecule has 9 heteroatoms. The molecule has 0 unspecified atom stereocenters. The predicted molar refractivity (Wildman–Crippen MR) is 123 cm³/mol. The summed E-state index contributed by atoms with van der Waals surface area (Å²) in [4.78, 5) is 15.3. The zero-order chi connectivity index (χ0) is 23.9. The number of allylic oxidation sites excluding steroid dienone is 1. The number of carbonyl (C=O) groups excluding carboxylic acids is 1. The molecule has 0 saturated carbocycles. The van der Waals surface area contributed by atoms with Crippen molar-refractivity contribution in [2.75, 3.05) is 26.0 Å². The fourth-order valence-electron chi connectivity index (χ4n) is 5.28.